The van der Waals surface area contributed by atoms with Gasteiger partial charge in [-0.15, -0.1) is 0 Å². The van der Waals surface area contributed by atoms with Crippen molar-refractivity contribution in [1.82, 2.24) is 5.32 Å². The summed E-state index contributed by atoms with van der Waals surface area (Å²) >= 11 is 0. The lowest BCUT2D eigenvalue weighted by atomic mass is 10.2. The molecule has 8 heteroatoms. The van der Waals surface area contributed by atoms with Gasteiger partial charge < -0.3 is 10.2 Å². The molecule has 2 aromatic carbocycles. The van der Waals surface area contributed by atoms with Crippen LogP contribution in [0.5, 0.6) is 0 Å². The minimum absolute atomic E-state index is 0.0217. The molecule has 0 saturated carbocycles. The van der Waals surface area contributed by atoms with Crippen LogP contribution in [0.4, 0.5) is 11.4 Å². The SMILES string of the molecule is CNC(=O)c1ccc(S(=O)(=O)Nc2ccccc2N2CCCC2=O)cc1. The van der Waals surface area contributed by atoms with Crippen LogP contribution in [0.2, 0.25) is 0 Å². The van der Waals surface area contributed by atoms with E-state index in [1.807, 2.05) is 0 Å². The van der Waals surface area contributed by atoms with Crippen LogP contribution in [0, 0.1) is 0 Å². The van der Waals surface area contributed by atoms with Crippen molar-refractivity contribution in [1.29, 1.82) is 0 Å². The minimum Gasteiger partial charge on any atom is -0.355 e. The van der Waals surface area contributed by atoms with Gasteiger partial charge in [-0.1, -0.05) is 12.1 Å². The van der Waals surface area contributed by atoms with Gasteiger partial charge in [0.15, 0.2) is 0 Å². The maximum atomic E-state index is 12.7. The van der Waals surface area contributed by atoms with Gasteiger partial charge in [0.25, 0.3) is 15.9 Å². The quantitative estimate of drug-likeness (QED) is 0.838. The molecule has 136 valence electrons. The molecule has 1 saturated heterocycles. The first-order chi connectivity index (χ1) is 12.4. The summed E-state index contributed by atoms with van der Waals surface area (Å²) in [5.74, 6) is -0.314. The number of carbonyl (C=O) groups excluding carboxylic acids is 2. The molecule has 2 N–H and O–H groups in total. The van der Waals surface area contributed by atoms with Crippen LogP contribution in [0.15, 0.2) is 53.4 Å². The molecule has 0 atom stereocenters. The third-order valence-corrected chi connectivity index (χ3v) is 5.55. The van der Waals surface area contributed by atoms with E-state index in [0.29, 0.717) is 29.9 Å². The zero-order valence-electron chi connectivity index (χ0n) is 14.2. The highest BCUT2D eigenvalue weighted by atomic mass is 32.2. The largest absolute Gasteiger partial charge is 0.355 e. The molecule has 0 aromatic heterocycles. The van der Waals surface area contributed by atoms with E-state index in [-0.39, 0.29) is 16.7 Å². The second kappa shape index (κ2) is 7.17. The van der Waals surface area contributed by atoms with Crippen molar-refractivity contribution in [3.8, 4) is 0 Å². The Labute approximate surface area is 152 Å². The molecule has 1 heterocycles. The van der Waals surface area contributed by atoms with Crippen LogP contribution in [-0.2, 0) is 14.8 Å². The predicted molar refractivity (Wildman–Crippen MR) is 98.7 cm³/mol. The fraction of sp³-hybridized carbons (Fsp3) is 0.222. The predicted octanol–water partition coefficient (Wildman–Crippen LogP) is 1.97. The molecule has 0 radical (unpaired) electrons. The Hall–Kier alpha value is -2.87. The normalized spacial score (nSPS) is 14.3. The average molecular weight is 373 g/mol. The Bertz CT molecular complexity index is 939. The lowest BCUT2D eigenvalue weighted by molar-refractivity contribution is -0.117. The summed E-state index contributed by atoms with van der Waals surface area (Å²) in [6.07, 6.45) is 1.21. The van der Waals surface area contributed by atoms with Crippen LogP contribution in [0.3, 0.4) is 0 Å². The van der Waals surface area contributed by atoms with E-state index < -0.39 is 10.0 Å². The molecule has 7 nitrogen and oxygen atoms in total. The number of rotatable bonds is 5. The highest BCUT2D eigenvalue weighted by molar-refractivity contribution is 7.92. The molecule has 0 unspecified atom stereocenters. The zero-order valence-corrected chi connectivity index (χ0v) is 15.0. The van der Waals surface area contributed by atoms with Crippen LogP contribution in [-0.4, -0.2) is 33.8 Å². The lowest BCUT2D eigenvalue weighted by Crippen LogP contribution is -2.25. The fourth-order valence-electron chi connectivity index (χ4n) is 2.83. The second-order valence-corrected chi connectivity index (χ2v) is 7.56. The van der Waals surface area contributed by atoms with E-state index in [4.69, 9.17) is 0 Å². The number of benzene rings is 2. The zero-order chi connectivity index (χ0) is 18.7. The summed E-state index contributed by atoms with van der Waals surface area (Å²) in [6.45, 7) is 0.568. The second-order valence-electron chi connectivity index (χ2n) is 5.88. The van der Waals surface area contributed by atoms with Gasteiger partial charge in [-0.3, -0.25) is 14.3 Å². The van der Waals surface area contributed by atoms with Crippen LogP contribution >= 0.6 is 0 Å². The van der Waals surface area contributed by atoms with Crippen molar-refractivity contribution in [2.45, 2.75) is 17.7 Å². The van der Waals surface area contributed by atoms with E-state index in [0.717, 1.165) is 6.42 Å². The number of hydrogen-bond donors (Lipinski definition) is 2. The average Bonchev–Trinajstić information content (AvgIpc) is 3.07. The van der Waals surface area contributed by atoms with Gasteiger partial charge in [-0.05, 0) is 42.8 Å². The van der Waals surface area contributed by atoms with E-state index in [2.05, 4.69) is 10.0 Å². The van der Waals surface area contributed by atoms with Crippen molar-refractivity contribution in [2.24, 2.45) is 0 Å². The van der Waals surface area contributed by atoms with Gasteiger partial charge in [0.1, 0.15) is 0 Å². The lowest BCUT2D eigenvalue weighted by Gasteiger charge is -2.20. The third kappa shape index (κ3) is 3.55. The molecule has 0 spiro atoms. The van der Waals surface area contributed by atoms with Gasteiger partial charge in [0.05, 0.1) is 16.3 Å². The number of sulfonamides is 1. The summed E-state index contributed by atoms with van der Waals surface area (Å²) in [5.41, 5.74) is 1.26. The van der Waals surface area contributed by atoms with Gasteiger partial charge in [0.2, 0.25) is 5.91 Å². The molecule has 2 aromatic rings. The topological polar surface area (TPSA) is 95.6 Å². The first-order valence-corrected chi connectivity index (χ1v) is 9.65. The highest BCUT2D eigenvalue weighted by Gasteiger charge is 2.25. The minimum atomic E-state index is -3.85. The number of para-hydroxylation sites is 2. The van der Waals surface area contributed by atoms with Crippen molar-refractivity contribution in [3.63, 3.8) is 0 Å². The number of nitrogens with zero attached hydrogens (tertiary/aromatic N) is 1. The molecule has 2 amide bonds. The maximum Gasteiger partial charge on any atom is 0.261 e. The van der Waals surface area contributed by atoms with Crippen LogP contribution in [0.25, 0.3) is 0 Å². The summed E-state index contributed by atoms with van der Waals surface area (Å²) in [4.78, 5) is 25.2. The number of anilines is 2. The molecule has 3 rings (SSSR count). The summed E-state index contributed by atoms with van der Waals surface area (Å²) < 4.78 is 27.9. The Balaban J connectivity index is 1.88. The van der Waals surface area contributed by atoms with Crippen molar-refractivity contribution in [3.05, 3.63) is 54.1 Å². The number of nitrogens with one attached hydrogen (secondary N) is 2. The molecular weight excluding hydrogens is 354 g/mol. The first-order valence-electron chi connectivity index (χ1n) is 8.17. The summed E-state index contributed by atoms with van der Waals surface area (Å²) in [5, 5.41) is 2.48. The Morgan fingerprint density at radius 1 is 1.08 bits per heavy atom. The maximum absolute atomic E-state index is 12.7. The fourth-order valence-corrected chi connectivity index (χ4v) is 3.91. The number of carbonyl (C=O) groups is 2. The van der Waals surface area contributed by atoms with Crippen LogP contribution < -0.4 is 14.9 Å². The summed E-state index contributed by atoms with van der Waals surface area (Å²) in [6, 6.07) is 12.4. The van der Waals surface area contributed by atoms with Gasteiger partial charge >= 0.3 is 0 Å². The van der Waals surface area contributed by atoms with E-state index >= 15 is 0 Å². The highest BCUT2D eigenvalue weighted by Crippen LogP contribution is 2.31. The molecule has 1 aliphatic rings. The number of hydrogen-bond acceptors (Lipinski definition) is 4. The molecule has 1 fully saturated rings. The number of amides is 2. The van der Waals surface area contributed by atoms with Gasteiger partial charge in [-0.2, -0.15) is 0 Å². The third-order valence-electron chi connectivity index (χ3n) is 4.17. The first kappa shape index (κ1) is 17.9. The molecule has 0 aliphatic carbocycles. The molecule has 26 heavy (non-hydrogen) atoms. The standard InChI is InChI=1S/C18H19N3O4S/c1-19-18(23)13-8-10-14(11-9-13)26(24,25)20-15-5-2-3-6-16(15)21-12-4-7-17(21)22/h2-3,5-6,8-11,20H,4,7,12H2,1H3,(H,19,23). The Morgan fingerprint density at radius 2 is 1.77 bits per heavy atom. The molecule has 1 aliphatic heterocycles. The van der Waals surface area contributed by atoms with Crippen molar-refractivity contribution >= 4 is 33.2 Å². The van der Waals surface area contributed by atoms with Crippen LogP contribution in [0.1, 0.15) is 23.2 Å². The Morgan fingerprint density at radius 3 is 2.38 bits per heavy atom. The van der Waals surface area contributed by atoms with E-state index in [1.54, 1.807) is 29.2 Å². The smallest absolute Gasteiger partial charge is 0.261 e. The summed E-state index contributed by atoms with van der Waals surface area (Å²) in [7, 11) is -2.35. The monoisotopic (exact) mass is 373 g/mol. The van der Waals surface area contributed by atoms with E-state index in [1.165, 1.54) is 31.3 Å². The van der Waals surface area contributed by atoms with Gasteiger partial charge in [0, 0.05) is 25.6 Å². The van der Waals surface area contributed by atoms with E-state index in [9.17, 15) is 18.0 Å². The Kier molecular flexibility index (Phi) is 4.94. The van der Waals surface area contributed by atoms with Crippen molar-refractivity contribution < 1.29 is 18.0 Å². The molecule has 0 bridgehead atoms. The van der Waals surface area contributed by atoms with Gasteiger partial charge in [-0.25, -0.2) is 8.42 Å². The van der Waals surface area contributed by atoms with Crippen molar-refractivity contribution in [2.75, 3.05) is 23.2 Å². The molecular formula is C18H19N3O4S.